The van der Waals surface area contributed by atoms with Gasteiger partial charge in [-0.3, -0.25) is 4.79 Å². The first-order valence-corrected chi connectivity index (χ1v) is 11.6. The summed E-state index contributed by atoms with van der Waals surface area (Å²) in [7, 11) is -3.83. The molecule has 32 heavy (non-hydrogen) atoms. The van der Waals surface area contributed by atoms with E-state index < -0.39 is 28.0 Å². The highest BCUT2D eigenvalue weighted by Gasteiger charge is 2.30. The van der Waals surface area contributed by atoms with Gasteiger partial charge < -0.3 is 10.1 Å². The minimum absolute atomic E-state index is 0.0735. The van der Waals surface area contributed by atoms with Gasteiger partial charge in [-0.25, -0.2) is 23.0 Å². The summed E-state index contributed by atoms with van der Waals surface area (Å²) < 4.78 is 29.6. The highest BCUT2D eigenvalue weighted by molar-refractivity contribution is 7.89. The van der Waals surface area contributed by atoms with Gasteiger partial charge in [0.15, 0.2) is 11.8 Å². The number of hydrogen-bond donors (Lipinski definition) is 2. The lowest BCUT2D eigenvalue weighted by atomic mass is 10.2. The molecule has 9 nitrogen and oxygen atoms in total. The molecule has 3 N–H and O–H groups in total. The molecule has 1 heterocycles. The van der Waals surface area contributed by atoms with Crippen molar-refractivity contribution in [1.82, 2.24) is 9.78 Å². The van der Waals surface area contributed by atoms with Crippen LogP contribution in [0.4, 0.5) is 5.69 Å². The average molecular weight is 455 g/mol. The van der Waals surface area contributed by atoms with Crippen LogP contribution in [0.25, 0.3) is 5.69 Å². The molecule has 0 unspecified atom stereocenters. The van der Waals surface area contributed by atoms with Crippen molar-refractivity contribution in [2.24, 2.45) is 5.14 Å². The largest absolute Gasteiger partial charge is 0.448 e. The number of benzene rings is 2. The van der Waals surface area contributed by atoms with Crippen LogP contribution in [0, 0.1) is 0 Å². The molecule has 1 fully saturated rings. The zero-order chi connectivity index (χ0) is 22.9. The van der Waals surface area contributed by atoms with Crippen LogP contribution in [0.1, 0.15) is 41.9 Å². The van der Waals surface area contributed by atoms with Gasteiger partial charge in [0.05, 0.1) is 16.3 Å². The van der Waals surface area contributed by atoms with E-state index in [4.69, 9.17) is 9.88 Å². The van der Waals surface area contributed by atoms with Crippen LogP contribution in [-0.2, 0) is 19.6 Å². The number of ether oxygens (including phenoxy) is 1. The number of para-hydroxylation sites is 1. The molecule has 2 aromatic carbocycles. The predicted molar refractivity (Wildman–Crippen MR) is 117 cm³/mol. The Labute approximate surface area is 185 Å². The van der Waals surface area contributed by atoms with Gasteiger partial charge in [-0.05, 0) is 62.2 Å². The molecule has 0 spiro atoms. The zero-order valence-corrected chi connectivity index (χ0v) is 18.1. The number of rotatable bonds is 7. The molecule has 1 amide bonds. The summed E-state index contributed by atoms with van der Waals surface area (Å²) in [6.45, 7) is 1.46. The number of esters is 1. The molecular weight excluding hydrogens is 432 g/mol. The van der Waals surface area contributed by atoms with Crippen molar-refractivity contribution in [2.75, 3.05) is 5.32 Å². The van der Waals surface area contributed by atoms with Gasteiger partial charge in [0.2, 0.25) is 10.0 Å². The highest BCUT2D eigenvalue weighted by Crippen LogP contribution is 2.39. The molecule has 4 rings (SSSR count). The van der Waals surface area contributed by atoms with Gasteiger partial charge in [-0.1, -0.05) is 18.2 Å². The molecule has 1 aromatic heterocycles. The number of sulfonamides is 1. The highest BCUT2D eigenvalue weighted by atomic mass is 32.2. The third kappa shape index (κ3) is 4.87. The third-order valence-electron chi connectivity index (χ3n) is 5.04. The molecular formula is C22H22N4O5S. The lowest BCUT2D eigenvalue weighted by Crippen LogP contribution is -2.30. The molecule has 0 saturated heterocycles. The van der Waals surface area contributed by atoms with Gasteiger partial charge in [0.25, 0.3) is 5.91 Å². The molecule has 166 valence electrons. The van der Waals surface area contributed by atoms with Crippen LogP contribution < -0.4 is 10.5 Å². The minimum atomic E-state index is -3.83. The number of nitrogens with one attached hydrogen (secondary N) is 1. The smallest absolute Gasteiger partial charge is 0.357 e. The van der Waals surface area contributed by atoms with E-state index in [1.54, 1.807) is 6.07 Å². The van der Waals surface area contributed by atoms with Crippen LogP contribution in [0.15, 0.2) is 65.6 Å². The number of amides is 1. The van der Waals surface area contributed by atoms with E-state index in [1.807, 2.05) is 30.3 Å². The van der Waals surface area contributed by atoms with Crippen molar-refractivity contribution < 1.29 is 22.7 Å². The number of carbonyl (C=O) groups is 2. The Morgan fingerprint density at radius 1 is 1.12 bits per heavy atom. The number of aromatic nitrogens is 2. The van der Waals surface area contributed by atoms with E-state index in [0.29, 0.717) is 11.6 Å². The summed E-state index contributed by atoms with van der Waals surface area (Å²) >= 11 is 0. The second-order valence-electron chi connectivity index (χ2n) is 7.58. The first kappa shape index (κ1) is 21.7. The predicted octanol–water partition coefficient (Wildman–Crippen LogP) is 2.58. The third-order valence-corrected chi connectivity index (χ3v) is 5.97. The Bertz CT molecular complexity index is 1250. The van der Waals surface area contributed by atoms with Gasteiger partial charge in [0.1, 0.15) is 0 Å². The van der Waals surface area contributed by atoms with Crippen molar-refractivity contribution in [3.63, 3.8) is 0 Å². The summed E-state index contributed by atoms with van der Waals surface area (Å²) in [5.41, 5.74) is 2.14. The zero-order valence-electron chi connectivity index (χ0n) is 17.3. The van der Waals surface area contributed by atoms with E-state index in [0.717, 1.165) is 24.2 Å². The van der Waals surface area contributed by atoms with Gasteiger partial charge in [0, 0.05) is 11.6 Å². The molecule has 10 heteroatoms. The molecule has 0 aliphatic heterocycles. The van der Waals surface area contributed by atoms with Crippen molar-refractivity contribution in [3.8, 4) is 5.69 Å². The van der Waals surface area contributed by atoms with Crippen LogP contribution in [0.3, 0.4) is 0 Å². The monoisotopic (exact) mass is 454 g/mol. The maximum atomic E-state index is 12.9. The first-order chi connectivity index (χ1) is 15.2. The minimum Gasteiger partial charge on any atom is -0.448 e. The number of anilines is 1. The molecule has 3 aromatic rings. The van der Waals surface area contributed by atoms with Crippen LogP contribution in [0.2, 0.25) is 0 Å². The maximum Gasteiger partial charge on any atom is 0.357 e. The van der Waals surface area contributed by atoms with Gasteiger partial charge in [-0.15, -0.1) is 0 Å². The summed E-state index contributed by atoms with van der Waals surface area (Å²) in [6, 6.07) is 16.3. The lowest BCUT2D eigenvalue weighted by Gasteiger charge is -2.14. The van der Waals surface area contributed by atoms with Gasteiger partial charge in [-0.2, -0.15) is 5.10 Å². The molecule has 1 aliphatic rings. The van der Waals surface area contributed by atoms with Crippen LogP contribution in [0.5, 0.6) is 0 Å². The van der Waals surface area contributed by atoms with Crippen LogP contribution in [-0.4, -0.2) is 36.2 Å². The average Bonchev–Trinajstić information content (AvgIpc) is 3.52. The molecule has 1 saturated carbocycles. The lowest BCUT2D eigenvalue weighted by molar-refractivity contribution is -0.123. The second kappa shape index (κ2) is 8.56. The summed E-state index contributed by atoms with van der Waals surface area (Å²) in [5.74, 6) is -0.886. The summed E-state index contributed by atoms with van der Waals surface area (Å²) in [6.07, 6.45) is 0.969. The van der Waals surface area contributed by atoms with Gasteiger partial charge >= 0.3 is 5.97 Å². The fourth-order valence-corrected chi connectivity index (χ4v) is 3.65. The molecule has 0 bridgehead atoms. The number of carbonyl (C=O) groups excluding carboxylic acids is 2. The van der Waals surface area contributed by atoms with Crippen LogP contribution >= 0.6 is 0 Å². The van der Waals surface area contributed by atoms with Crippen molar-refractivity contribution >= 4 is 27.6 Å². The SMILES string of the molecule is C[C@H](OC(=O)c1cc(C2CC2)nn1-c1ccccc1)C(=O)Nc1ccc(S(N)(=O)=O)cc1. The number of primary sulfonamides is 1. The molecule has 0 radical (unpaired) electrons. The first-order valence-electron chi connectivity index (χ1n) is 10.0. The summed E-state index contributed by atoms with van der Waals surface area (Å²) in [4.78, 5) is 25.3. The Balaban J connectivity index is 1.47. The van der Waals surface area contributed by atoms with Crippen molar-refractivity contribution in [2.45, 2.75) is 36.7 Å². The Hall–Kier alpha value is -3.50. The number of nitrogens with two attached hydrogens (primary N) is 1. The van der Waals surface area contributed by atoms with E-state index in [-0.39, 0.29) is 10.6 Å². The van der Waals surface area contributed by atoms with E-state index >= 15 is 0 Å². The fraction of sp³-hybridized carbons (Fsp3) is 0.227. The standard InChI is InChI=1S/C22H22N4O5S/c1-14(21(27)24-16-9-11-18(12-10-16)32(23,29)30)31-22(28)20-13-19(15-7-8-15)25-26(20)17-5-3-2-4-6-17/h2-6,9-15H,7-8H2,1H3,(H,24,27)(H2,23,29,30)/t14-/m0/s1. The quantitative estimate of drug-likeness (QED) is 0.527. The Morgan fingerprint density at radius 2 is 1.78 bits per heavy atom. The number of hydrogen-bond acceptors (Lipinski definition) is 6. The normalized spacial score (nSPS) is 14.6. The van der Waals surface area contributed by atoms with E-state index in [1.165, 1.54) is 35.9 Å². The topological polar surface area (TPSA) is 133 Å². The fourth-order valence-electron chi connectivity index (χ4n) is 3.14. The van der Waals surface area contributed by atoms with E-state index in [2.05, 4.69) is 10.4 Å². The maximum absolute atomic E-state index is 12.9. The Kier molecular flexibility index (Phi) is 5.81. The molecule has 1 atom stereocenters. The second-order valence-corrected chi connectivity index (χ2v) is 9.14. The van der Waals surface area contributed by atoms with E-state index in [9.17, 15) is 18.0 Å². The summed E-state index contributed by atoms with van der Waals surface area (Å²) in [5, 5.41) is 12.2. The Morgan fingerprint density at radius 3 is 2.38 bits per heavy atom. The van der Waals surface area contributed by atoms with Crippen molar-refractivity contribution in [3.05, 3.63) is 72.1 Å². The molecule has 1 aliphatic carbocycles. The number of nitrogens with zero attached hydrogens (tertiary/aromatic N) is 2. The van der Waals surface area contributed by atoms with Crippen molar-refractivity contribution in [1.29, 1.82) is 0 Å².